The van der Waals surface area contributed by atoms with Crippen LogP contribution in [0, 0.1) is 5.92 Å². The van der Waals surface area contributed by atoms with E-state index in [1.807, 2.05) is 17.9 Å². The van der Waals surface area contributed by atoms with Gasteiger partial charge >= 0.3 is 6.03 Å². The molecule has 0 aliphatic carbocycles. The maximum Gasteiger partial charge on any atom is 0.320 e. The van der Waals surface area contributed by atoms with Crippen LogP contribution < -0.4 is 0 Å². The smallest absolute Gasteiger partial charge is 0.320 e. The molecule has 2 saturated heterocycles. The molecule has 0 saturated carbocycles. The fraction of sp³-hybridized carbons (Fsp3) is 0.632. The molecule has 1 aromatic rings. The highest BCUT2D eigenvalue weighted by Gasteiger charge is 2.36. The molecule has 138 valence electrons. The molecule has 0 spiro atoms. The highest BCUT2D eigenvalue weighted by molar-refractivity contribution is 7.91. The summed E-state index contributed by atoms with van der Waals surface area (Å²) in [6.45, 7) is 4.05. The Bertz CT molecular complexity index is 682. The molecule has 5 nitrogen and oxygen atoms in total. The number of piperidine rings is 1. The van der Waals surface area contributed by atoms with Gasteiger partial charge in [-0.3, -0.25) is 0 Å². The van der Waals surface area contributed by atoms with Gasteiger partial charge in [-0.2, -0.15) is 0 Å². The van der Waals surface area contributed by atoms with Gasteiger partial charge in [0.25, 0.3) is 0 Å². The van der Waals surface area contributed by atoms with Crippen molar-refractivity contribution in [2.45, 2.75) is 38.6 Å². The average molecular weight is 365 g/mol. The van der Waals surface area contributed by atoms with Crippen LogP contribution in [0.15, 0.2) is 30.3 Å². The molecule has 2 amide bonds. The number of nitrogens with zero attached hydrogens (tertiary/aromatic N) is 2. The van der Waals surface area contributed by atoms with Crippen molar-refractivity contribution in [3.8, 4) is 0 Å². The summed E-state index contributed by atoms with van der Waals surface area (Å²) in [4.78, 5) is 16.5. The fourth-order valence-electron chi connectivity index (χ4n) is 4.03. The van der Waals surface area contributed by atoms with Crippen LogP contribution in [0.25, 0.3) is 0 Å². The SMILES string of the molecule is CCN(C(=O)N1CCC(Cc2ccccc2)CC1)C1CCS(=O)(=O)C1. The Morgan fingerprint density at radius 3 is 2.40 bits per heavy atom. The lowest BCUT2D eigenvalue weighted by molar-refractivity contribution is 0.122. The first-order valence-electron chi connectivity index (χ1n) is 9.28. The number of carbonyl (C=O) groups is 1. The molecular formula is C19H28N2O3S. The molecule has 0 bridgehead atoms. The second-order valence-corrected chi connectivity index (χ2v) is 9.47. The molecule has 0 radical (unpaired) electrons. The van der Waals surface area contributed by atoms with E-state index in [2.05, 4.69) is 24.3 Å². The first-order valence-corrected chi connectivity index (χ1v) is 11.1. The van der Waals surface area contributed by atoms with Gasteiger partial charge in [-0.25, -0.2) is 13.2 Å². The van der Waals surface area contributed by atoms with Crippen molar-refractivity contribution in [2.75, 3.05) is 31.1 Å². The fourth-order valence-corrected chi connectivity index (χ4v) is 5.76. The molecule has 6 heteroatoms. The van der Waals surface area contributed by atoms with Crippen molar-refractivity contribution in [1.82, 2.24) is 9.80 Å². The van der Waals surface area contributed by atoms with Gasteiger partial charge in [-0.05, 0) is 44.1 Å². The monoisotopic (exact) mass is 364 g/mol. The van der Waals surface area contributed by atoms with Gasteiger partial charge in [0.1, 0.15) is 0 Å². The van der Waals surface area contributed by atoms with Gasteiger partial charge < -0.3 is 9.80 Å². The maximum absolute atomic E-state index is 12.8. The summed E-state index contributed by atoms with van der Waals surface area (Å²) in [6, 6.07) is 10.4. The summed E-state index contributed by atoms with van der Waals surface area (Å²) in [5, 5.41) is 0. The summed E-state index contributed by atoms with van der Waals surface area (Å²) in [5.74, 6) is 0.950. The van der Waals surface area contributed by atoms with Crippen LogP contribution in [-0.2, 0) is 16.3 Å². The first kappa shape index (κ1) is 18.2. The lowest BCUT2D eigenvalue weighted by Crippen LogP contribution is -2.50. The number of rotatable bonds is 4. The molecule has 1 aromatic carbocycles. The van der Waals surface area contributed by atoms with Crippen molar-refractivity contribution in [3.63, 3.8) is 0 Å². The van der Waals surface area contributed by atoms with E-state index in [0.717, 1.165) is 32.4 Å². The van der Waals surface area contributed by atoms with E-state index in [1.165, 1.54) is 5.56 Å². The van der Waals surface area contributed by atoms with Crippen LogP contribution in [0.5, 0.6) is 0 Å². The molecule has 0 aromatic heterocycles. The van der Waals surface area contributed by atoms with Crippen LogP contribution in [-0.4, -0.2) is 61.4 Å². The number of benzene rings is 1. The Kier molecular flexibility index (Phi) is 5.67. The Morgan fingerprint density at radius 2 is 1.84 bits per heavy atom. The lowest BCUT2D eigenvalue weighted by atomic mass is 9.90. The summed E-state index contributed by atoms with van der Waals surface area (Å²) in [5.41, 5.74) is 1.36. The molecule has 2 heterocycles. The summed E-state index contributed by atoms with van der Waals surface area (Å²) >= 11 is 0. The van der Waals surface area contributed by atoms with E-state index in [0.29, 0.717) is 18.9 Å². The molecule has 2 fully saturated rings. The number of carbonyl (C=O) groups excluding carboxylic acids is 1. The quantitative estimate of drug-likeness (QED) is 0.825. The van der Waals surface area contributed by atoms with Gasteiger partial charge in [0.2, 0.25) is 0 Å². The molecule has 25 heavy (non-hydrogen) atoms. The van der Waals surface area contributed by atoms with Crippen LogP contribution in [0.4, 0.5) is 4.79 Å². The van der Waals surface area contributed by atoms with Crippen LogP contribution in [0.2, 0.25) is 0 Å². The van der Waals surface area contributed by atoms with Crippen LogP contribution in [0.1, 0.15) is 31.7 Å². The normalized spacial score (nSPS) is 23.6. The lowest BCUT2D eigenvalue weighted by Gasteiger charge is -2.37. The third-order valence-electron chi connectivity index (χ3n) is 5.49. The zero-order valence-corrected chi connectivity index (χ0v) is 15.7. The van der Waals surface area contributed by atoms with Gasteiger partial charge in [-0.15, -0.1) is 0 Å². The van der Waals surface area contributed by atoms with Crippen molar-refractivity contribution < 1.29 is 13.2 Å². The van der Waals surface area contributed by atoms with Crippen molar-refractivity contribution in [3.05, 3.63) is 35.9 Å². The molecule has 1 atom stereocenters. The van der Waals surface area contributed by atoms with Gasteiger partial charge in [0.15, 0.2) is 9.84 Å². The molecule has 0 N–H and O–H groups in total. The predicted octanol–water partition coefficient (Wildman–Crippen LogP) is 2.57. The minimum absolute atomic E-state index is 0.0164. The van der Waals surface area contributed by atoms with E-state index < -0.39 is 9.84 Å². The Hall–Kier alpha value is -1.56. The van der Waals surface area contributed by atoms with Crippen LogP contribution >= 0.6 is 0 Å². The third kappa shape index (κ3) is 4.54. The minimum Gasteiger partial charge on any atom is -0.325 e. The summed E-state index contributed by atoms with van der Waals surface area (Å²) in [6.07, 6.45) is 3.68. The van der Waals surface area contributed by atoms with E-state index >= 15 is 0 Å². The number of hydrogen-bond acceptors (Lipinski definition) is 3. The molecule has 2 aliphatic rings. The maximum atomic E-state index is 12.8. The second kappa shape index (κ2) is 7.77. The number of urea groups is 1. The zero-order valence-electron chi connectivity index (χ0n) is 14.9. The average Bonchev–Trinajstić information content (AvgIpc) is 2.97. The Morgan fingerprint density at radius 1 is 1.16 bits per heavy atom. The molecular weight excluding hydrogens is 336 g/mol. The minimum atomic E-state index is -2.97. The summed E-state index contributed by atoms with van der Waals surface area (Å²) in [7, 11) is -2.97. The van der Waals surface area contributed by atoms with E-state index in [4.69, 9.17) is 0 Å². The van der Waals surface area contributed by atoms with Crippen molar-refractivity contribution in [2.24, 2.45) is 5.92 Å². The first-order chi connectivity index (χ1) is 12.0. The number of amides is 2. The zero-order chi connectivity index (χ0) is 17.9. The molecule has 1 unspecified atom stereocenters. The molecule has 2 aliphatic heterocycles. The molecule has 3 rings (SSSR count). The third-order valence-corrected chi connectivity index (χ3v) is 7.24. The van der Waals surface area contributed by atoms with Crippen molar-refractivity contribution in [1.29, 1.82) is 0 Å². The number of hydrogen-bond donors (Lipinski definition) is 0. The number of likely N-dealkylation sites (tertiary alicyclic amines) is 1. The number of sulfone groups is 1. The van der Waals surface area contributed by atoms with E-state index in [-0.39, 0.29) is 23.6 Å². The highest BCUT2D eigenvalue weighted by atomic mass is 32.2. The van der Waals surface area contributed by atoms with E-state index in [1.54, 1.807) is 4.90 Å². The van der Waals surface area contributed by atoms with E-state index in [9.17, 15) is 13.2 Å². The topological polar surface area (TPSA) is 57.7 Å². The Labute approximate surface area is 150 Å². The van der Waals surface area contributed by atoms with Crippen molar-refractivity contribution >= 4 is 15.9 Å². The second-order valence-electron chi connectivity index (χ2n) is 7.25. The van der Waals surface area contributed by atoms with Crippen LogP contribution in [0.3, 0.4) is 0 Å². The van der Waals surface area contributed by atoms with Gasteiger partial charge in [-0.1, -0.05) is 30.3 Å². The van der Waals surface area contributed by atoms with Gasteiger partial charge in [0, 0.05) is 25.7 Å². The standard InChI is InChI=1S/C19H28N2O3S/c1-2-21(18-10-13-25(23,24)15-18)19(22)20-11-8-17(9-12-20)14-16-6-4-3-5-7-16/h3-7,17-18H,2,8-15H2,1H3. The highest BCUT2D eigenvalue weighted by Crippen LogP contribution is 2.24. The summed E-state index contributed by atoms with van der Waals surface area (Å²) < 4.78 is 23.5. The Balaban J connectivity index is 1.53. The van der Waals surface area contributed by atoms with Gasteiger partial charge in [0.05, 0.1) is 11.5 Å². The predicted molar refractivity (Wildman–Crippen MR) is 99.3 cm³/mol. The largest absolute Gasteiger partial charge is 0.325 e.